The third-order valence-electron chi connectivity index (χ3n) is 3.82. The number of nitrogens with zero attached hydrogens (tertiary/aromatic N) is 3. The van der Waals surface area contributed by atoms with Crippen molar-refractivity contribution in [1.82, 2.24) is 25.1 Å². The highest BCUT2D eigenvalue weighted by molar-refractivity contribution is 5.55. The SMILES string of the molecule is Cc1cc(-c2cccc(Cc3cccc(-c4ccc[nH]4)n3)n2)n[nH]1. The van der Waals surface area contributed by atoms with E-state index in [2.05, 4.69) is 15.2 Å². The van der Waals surface area contributed by atoms with E-state index in [1.165, 1.54) is 0 Å². The normalized spacial score (nSPS) is 10.9. The van der Waals surface area contributed by atoms with Crippen LogP contribution in [0.4, 0.5) is 0 Å². The minimum Gasteiger partial charge on any atom is -0.360 e. The van der Waals surface area contributed by atoms with Crippen molar-refractivity contribution in [3.05, 3.63) is 77.9 Å². The minimum absolute atomic E-state index is 0.686. The number of aryl methyl sites for hydroxylation is 1. The molecule has 0 atom stereocenters. The summed E-state index contributed by atoms with van der Waals surface area (Å²) in [7, 11) is 0. The predicted molar refractivity (Wildman–Crippen MR) is 93.4 cm³/mol. The van der Waals surface area contributed by atoms with E-state index in [9.17, 15) is 0 Å². The van der Waals surface area contributed by atoms with Crippen molar-refractivity contribution < 1.29 is 0 Å². The fraction of sp³-hybridized carbons (Fsp3) is 0.105. The molecule has 0 bridgehead atoms. The van der Waals surface area contributed by atoms with Gasteiger partial charge in [0.05, 0.1) is 17.1 Å². The van der Waals surface area contributed by atoms with Crippen molar-refractivity contribution in [3.63, 3.8) is 0 Å². The maximum absolute atomic E-state index is 4.72. The van der Waals surface area contributed by atoms with Gasteiger partial charge in [0.25, 0.3) is 0 Å². The van der Waals surface area contributed by atoms with Gasteiger partial charge >= 0.3 is 0 Å². The molecule has 5 nitrogen and oxygen atoms in total. The molecule has 24 heavy (non-hydrogen) atoms. The van der Waals surface area contributed by atoms with Crippen LogP contribution in [0.3, 0.4) is 0 Å². The minimum atomic E-state index is 0.686. The average molecular weight is 315 g/mol. The first-order chi connectivity index (χ1) is 11.8. The number of nitrogens with one attached hydrogen (secondary N) is 2. The van der Waals surface area contributed by atoms with Gasteiger partial charge in [-0.05, 0) is 49.4 Å². The lowest BCUT2D eigenvalue weighted by atomic mass is 10.1. The second kappa shape index (κ2) is 6.12. The molecule has 4 heterocycles. The standard InChI is InChI=1S/C19H17N5/c1-13-11-19(24-23-13)18-8-3-6-15(22-18)12-14-5-2-7-17(21-14)16-9-4-10-20-16/h2-11,20H,12H2,1H3,(H,23,24). The summed E-state index contributed by atoms with van der Waals surface area (Å²) >= 11 is 0. The summed E-state index contributed by atoms with van der Waals surface area (Å²) in [5.41, 5.74) is 6.69. The quantitative estimate of drug-likeness (QED) is 0.602. The Balaban J connectivity index is 1.61. The van der Waals surface area contributed by atoms with Gasteiger partial charge in [-0.25, -0.2) is 0 Å². The lowest BCUT2D eigenvalue weighted by Gasteiger charge is -2.05. The van der Waals surface area contributed by atoms with Crippen molar-refractivity contribution in [1.29, 1.82) is 0 Å². The largest absolute Gasteiger partial charge is 0.360 e. The molecule has 4 aromatic heterocycles. The van der Waals surface area contributed by atoms with E-state index in [1.807, 2.05) is 67.7 Å². The van der Waals surface area contributed by atoms with Crippen LogP contribution in [-0.2, 0) is 6.42 Å². The van der Waals surface area contributed by atoms with Crippen LogP contribution in [0, 0.1) is 6.92 Å². The van der Waals surface area contributed by atoms with Crippen molar-refractivity contribution in [2.45, 2.75) is 13.3 Å². The molecule has 4 rings (SSSR count). The summed E-state index contributed by atoms with van der Waals surface area (Å²) in [6.45, 7) is 1.98. The summed E-state index contributed by atoms with van der Waals surface area (Å²) in [5, 5.41) is 7.23. The fourth-order valence-electron chi connectivity index (χ4n) is 2.67. The summed E-state index contributed by atoms with van der Waals surface area (Å²) in [6, 6.07) is 18.1. The Hall–Kier alpha value is -3.21. The first-order valence-corrected chi connectivity index (χ1v) is 7.86. The third-order valence-corrected chi connectivity index (χ3v) is 3.82. The van der Waals surface area contributed by atoms with Crippen molar-refractivity contribution in [3.8, 4) is 22.8 Å². The van der Waals surface area contributed by atoms with Gasteiger partial charge in [-0.3, -0.25) is 15.1 Å². The fourth-order valence-corrected chi connectivity index (χ4v) is 2.67. The van der Waals surface area contributed by atoms with Gasteiger partial charge in [-0.15, -0.1) is 0 Å². The second-order valence-electron chi connectivity index (χ2n) is 5.73. The predicted octanol–water partition coefficient (Wildman–Crippen LogP) is 3.76. The van der Waals surface area contributed by atoms with Gasteiger partial charge in [0.15, 0.2) is 0 Å². The molecule has 0 aliphatic carbocycles. The first-order valence-electron chi connectivity index (χ1n) is 7.86. The van der Waals surface area contributed by atoms with E-state index in [1.54, 1.807) is 0 Å². The van der Waals surface area contributed by atoms with Crippen LogP contribution in [-0.4, -0.2) is 25.1 Å². The van der Waals surface area contributed by atoms with E-state index >= 15 is 0 Å². The van der Waals surface area contributed by atoms with Crippen LogP contribution in [0.15, 0.2) is 60.8 Å². The van der Waals surface area contributed by atoms with Crippen LogP contribution in [0.2, 0.25) is 0 Å². The van der Waals surface area contributed by atoms with Gasteiger partial charge in [0, 0.05) is 29.7 Å². The van der Waals surface area contributed by atoms with E-state index in [0.29, 0.717) is 6.42 Å². The van der Waals surface area contributed by atoms with Crippen LogP contribution in [0.5, 0.6) is 0 Å². The summed E-state index contributed by atoms with van der Waals surface area (Å²) in [6.07, 6.45) is 2.59. The molecule has 0 saturated carbocycles. The number of pyridine rings is 2. The zero-order chi connectivity index (χ0) is 16.4. The van der Waals surface area contributed by atoms with Gasteiger partial charge in [0.2, 0.25) is 0 Å². The maximum atomic E-state index is 4.72. The molecule has 0 saturated heterocycles. The van der Waals surface area contributed by atoms with Crippen molar-refractivity contribution in [2.75, 3.05) is 0 Å². The Morgan fingerprint density at radius 3 is 2.25 bits per heavy atom. The molecule has 118 valence electrons. The Bertz CT molecular complexity index is 953. The Kier molecular flexibility index (Phi) is 3.67. The number of hydrogen-bond acceptors (Lipinski definition) is 3. The summed E-state index contributed by atoms with van der Waals surface area (Å²) in [4.78, 5) is 12.6. The lowest BCUT2D eigenvalue weighted by molar-refractivity contribution is 1.00. The molecule has 5 heteroatoms. The van der Waals surface area contributed by atoms with Crippen LogP contribution in [0.25, 0.3) is 22.8 Å². The topological polar surface area (TPSA) is 70.2 Å². The number of H-pyrrole nitrogens is 2. The number of aromatic nitrogens is 5. The first kappa shape index (κ1) is 14.4. The van der Waals surface area contributed by atoms with Crippen LogP contribution in [0.1, 0.15) is 17.1 Å². The molecule has 2 N–H and O–H groups in total. The summed E-state index contributed by atoms with van der Waals surface area (Å²) in [5.74, 6) is 0. The maximum Gasteiger partial charge on any atom is 0.111 e. The number of aromatic amines is 2. The third kappa shape index (κ3) is 2.96. The molecule has 0 spiro atoms. The highest BCUT2D eigenvalue weighted by Crippen LogP contribution is 2.18. The molecule has 0 aromatic carbocycles. The second-order valence-corrected chi connectivity index (χ2v) is 5.73. The summed E-state index contributed by atoms with van der Waals surface area (Å²) < 4.78 is 0. The van der Waals surface area contributed by atoms with E-state index in [4.69, 9.17) is 9.97 Å². The number of hydrogen-bond donors (Lipinski definition) is 2. The number of rotatable bonds is 4. The van der Waals surface area contributed by atoms with Gasteiger partial charge in [-0.1, -0.05) is 12.1 Å². The molecule has 4 aromatic rings. The lowest BCUT2D eigenvalue weighted by Crippen LogP contribution is -1.97. The zero-order valence-corrected chi connectivity index (χ0v) is 13.3. The van der Waals surface area contributed by atoms with E-state index in [0.717, 1.165) is 39.9 Å². The van der Waals surface area contributed by atoms with Gasteiger partial charge in [-0.2, -0.15) is 5.10 Å². The molecule has 0 fully saturated rings. The molecule has 0 radical (unpaired) electrons. The Morgan fingerprint density at radius 2 is 1.58 bits per heavy atom. The molecular weight excluding hydrogens is 298 g/mol. The van der Waals surface area contributed by atoms with Crippen LogP contribution >= 0.6 is 0 Å². The zero-order valence-electron chi connectivity index (χ0n) is 13.3. The van der Waals surface area contributed by atoms with Crippen molar-refractivity contribution >= 4 is 0 Å². The molecule has 0 aliphatic heterocycles. The smallest absolute Gasteiger partial charge is 0.111 e. The molecule has 0 aliphatic rings. The Labute approximate surface area is 139 Å². The van der Waals surface area contributed by atoms with Gasteiger partial charge < -0.3 is 4.98 Å². The highest BCUT2D eigenvalue weighted by atomic mass is 15.1. The molecule has 0 amide bonds. The molecular formula is C19H17N5. The Morgan fingerprint density at radius 1 is 0.833 bits per heavy atom. The van der Waals surface area contributed by atoms with Gasteiger partial charge in [0.1, 0.15) is 5.69 Å². The average Bonchev–Trinajstić information content (AvgIpc) is 3.27. The van der Waals surface area contributed by atoms with Crippen molar-refractivity contribution in [2.24, 2.45) is 0 Å². The molecule has 0 unspecified atom stereocenters. The van der Waals surface area contributed by atoms with Crippen LogP contribution < -0.4 is 0 Å². The highest BCUT2D eigenvalue weighted by Gasteiger charge is 2.07. The van der Waals surface area contributed by atoms with E-state index in [-0.39, 0.29) is 0 Å². The van der Waals surface area contributed by atoms with E-state index < -0.39 is 0 Å². The monoisotopic (exact) mass is 315 g/mol.